The number of rotatable bonds is 19. The number of hydrogen-bond acceptors (Lipinski definition) is 6. The van der Waals surface area contributed by atoms with Crippen molar-refractivity contribution in [3.05, 3.63) is 0 Å². The summed E-state index contributed by atoms with van der Waals surface area (Å²) in [6.45, 7) is 22.3. The summed E-state index contributed by atoms with van der Waals surface area (Å²) >= 11 is 0. The molecular weight excluding hydrogens is 420 g/mol. The van der Waals surface area contributed by atoms with Gasteiger partial charge in [0, 0.05) is 45.9 Å². The highest BCUT2D eigenvalue weighted by Gasteiger charge is 2.46. The molecule has 0 heterocycles. The van der Waals surface area contributed by atoms with Gasteiger partial charge in [0.1, 0.15) is 0 Å². The molecular formula is C22H49NO5P2. The van der Waals surface area contributed by atoms with E-state index in [1.54, 1.807) is 0 Å². The van der Waals surface area contributed by atoms with Crippen molar-refractivity contribution in [1.82, 2.24) is 0 Å². The maximum Gasteiger partial charge on any atom is 0.183 e. The van der Waals surface area contributed by atoms with Gasteiger partial charge < -0.3 is 29.4 Å². The van der Waals surface area contributed by atoms with Crippen LogP contribution in [0.2, 0.25) is 0 Å². The fourth-order valence-corrected chi connectivity index (χ4v) is 7.64. The second kappa shape index (κ2) is 15.5. The summed E-state index contributed by atoms with van der Waals surface area (Å²) in [5.41, 5.74) is 5.70. The third-order valence-electron chi connectivity index (χ3n) is 5.48. The summed E-state index contributed by atoms with van der Waals surface area (Å²) in [7, 11) is 0.798. The van der Waals surface area contributed by atoms with E-state index in [4.69, 9.17) is 29.4 Å². The van der Waals surface area contributed by atoms with Crippen LogP contribution in [0.1, 0.15) is 75.2 Å². The lowest BCUT2D eigenvalue weighted by Gasteiger charge is -2.46. The first-order valence-electron chi connectivity index (χ1n) is 11.7. The molecule has 0 aliphatic rings. The predicted molar refractivity (Wildman–Crippen MR) is 132 cm³/mol. The topological polar surface area (TPSA) is 72.2 Å². The van der Waals surface area contributed by atoms with Gasteiger partial charge in [-0.2, -0.15) is 0 Å². The lowest BCUT2D eigenvalue weighted by molar-refractivity contribution is -0.170. The molecule has 0 aliphatic carbocycles. The highest BCUT2D eigenvalue weighted by Crippen LogP contribution is 2.50. The smallest absolute Gasteiger partial charge is 0.183 e. The summed E-state index contributed by atoms with van der Waals surface area (Å²) in [4.78, 5) is 0. The highest BCUT2D eigenvalue weighted by atomic mass is 31.1. The molecule has 0 aromatic carbocycles. The molecule has 182 valence electrons. The van der Waals surface area contributed by atoms with Crippen LogP contribution in [0.4, 0.5) is 0 Å². The van der Waals surface area contributed by atoms with Gasteiger partial charge in [0.2, 0.25) is 0 Å². The number of ether oxygens (including phenoxy) is 5. The Morgan fingerprint density at radius 2 is 0.967 bits per heavy atom. The van der Waals surface area contributed by atoms with Crippen LogP contribution in [-0.4, -0.2) is 67.6 Å². The SMILES string of the molecule is CCOCC(N)(C(C)PC(CC)(OCC)OCC)C(C)PC(CC)(OCC)OCC. The molecule has 0 aromatic rings. The second-order valence-corrected chi connectivity index (χ2v) is 11.3. The summed E-state index contributed by atoms with van der Waals surface area (Å²) in [5.74, 6) is 0. The van der Waals surface area contributed by atoms with Crippen molar-refractivity contribution in [2.45, 2.75) is 103 Å². The van der Waals surface area contributed by atoms with Gasteiger partial charge in [-0.05, 0) is 45.9 Å². The molecule has 6 nitrogen and oxygen atoms in total. The van der Waals surface area contributed by atoms with Crippen LogP contribution in [0.3, 0.4) is 0 Å². The standard InChI is InChI=1S/C22H49NO5P2/c1-10-21(25-13-4,26-14-5)29-18(8)20(23,17-24-12-3)19(9)30-22(11-2,27-15-6)28-16-7/h18-19,29-30H,10-17,23H2,1-9H3. The van der Waals surface area contributed by atoms with Crippen LogP contribution in [0.5, 0.6) is 0 Å². The van der Waals surface area contributed by atoms with Gasteiger partial charge in [-0.15, -0.1) is 0 Å². The van der Waals surface area contributed by atoms with Gasteiger partial charge in [-0.3, -0.25) is 0 Å². The zero-order valence-corrected chi connectivity index (χ0v) is 22.9. The van der Waals surface area contributed by atoms with Crippen molar-refractivity contribution in [2.24, 2.45) is 5.73 Å². The zero-order chi connectivity index (χ0) is 23.3. The van der Waals surface area contributed by atoms with Crippen molar-refractivity contribution in [1.29, 1.82) is 0 Å². The van der Waals surface area contributed by atoms with Crippen molar-refractivity contribution in [3.63, 3.8) is 0 Å². The first-order valence-corrected chi connectivity index (χ1v) is 13.8. The summed E-state index contributed by atoms with van der Waals surface area (Å²) in [6, 6.07) is 0. The molecule has 0 spiro atoms. The fraction of sp³-hybridized carbons (Fsp3) is 1.00. The van der Waals surface area contributed by atoms with E-state index in [0.29, 0.717) is 56.8 Å². The fourth-order valence-electron chi connectivity index (χ4n) is 3.63. The molecule has 0 amide bonds. The van der Waals surface area contributed by atoms with Crippen LogP contribution in [-0.2, 0) is 23.7 Å². The number of nitrogens with two attached hydrogens (primary N) is 1. The third kappa shape index (κ3) is 8.87. The largest absolute Gasteiger partial charge is 0.380 e. The Morgan fingerprint density at radius 3 is 1.20 bits per heavy atom. The summed E-state index contributed by atoms with van der Waals surface area (Å²) in [6.07, 6.45) is 1.57. The van der Waals surface area contributed by atoms with Gasteiger partial charge in [-0.25, -0.2) is 0 Å². The Balaban J connectivity index is 5.81. The van der Waals surface area contributed by atoms with Crippen LogP contribution in [0, 0.1) is 0 Å². The van der Waals surface area contributed by atoms with E-state index >= 15 is 0 Å². The quantitative estimate of drug-likeness (QED) is 0.209. The zero-order valence-electron chi connectivity index (χ0n) is 20.9. The molecule has 0 bridgehead atoms. The van der Waals surface area contributed by atoms with Crippen molar-refractivity contribution < 1.29 is 23.7 Å². The van der Waals surface area contributed by atoms with E-state index in [1.807, 2.05) is 34.6 Å². The molecule has 0 aliphatic heterocycles. The average Bonchev–Trinajstić information content (AvgIpc) is 2.72. The molecule has 0 saturated carbocycles. The molecule has 0 saturated heterocycles. The van der Waals surface area contributed by atoms with Crippen LogP contribution in [0.25, 0.3) is 0 Å². The van der Waals surface area contributed by atoms with Crippen LogP contribution >= 0.6 is 17.2 Å². The molecule has 0 radical (unpaired) electrons. The normalized spacial score (nSPS) is 17.8. The molecule has 2 N–H and O–H groups in total. The van der Waals surface area contributed by atoms with Crippen molar-refractivity contribution in [2.75, 3.05) is 39.6 Å². The molecule has 8 heteroatoms. The predicted octanol–water partition coefficient (Wildman–Crippen LogP) is 5.13. The lowest BCUT2D eigenvalue weighted by Crippen LogP contribution is -2.60. The van der Waals surface area contributed by atoms with Gasteiger partial charge in [0.25, 0.3) is 0 Å². The van der Waals surface area contributed by atoms with E-state index < -0.39 is 16.6 Å². The van der Waals surface area contributed by atoms with Gasteiger partial charge in [0.05, 0.1) is 12.1 Å². The van der Waals surface area contributed by atoms with E-state index in [2.05, 4.69) is 27.7 Å². The number of hydrogen-bond donors (Lipinski definition) is 1. The summed E-state index contributed by atoms with van der Waals surface area (Å²) in [5, 5.41) is 0. The first kappa shape index (κ1) is 30.6. The van der Waals surface area contributed by atoms with Crippen LogP contribution in [0.15, 0.2) is 0 Å². The molecule has 0 aromatic heterocycles. The van der Waals surface area contributed by atoms with Crippen molar-refractivity contribution >= 4 is 17.2 Å². The molecule has 30 heavy (non-hydrogen) atoms. The van der Waals surface area contributed by atoms with Crippen LogP contribution < -0.4 is 5.73 Å². The van der Waals surface area contributed by atoms with E-state index in [0.717, 1.165) is 12.8 Å². The molecule has 0 rings (SSSR count). The van der Waals surface area contributed by atoms with Crippen molar-refractivity contribution in [3.8, 4) is 0 Å². The minimum atomic E-state index is -0.593. The third-order valence-corrected chi connectivity index (χ3v) is 9.59. The second-order valence-electron chi connectivity index (χ2n) is 7.43. The molecule has 4 unspecified atom stereocenters. The summed E-state index contributed by atoms with van der Waals surface area (Å²) < 4.78 is 30.4. The Hall–Kier alpha value is 0.620. The van der Waals surface area contributed by atoms with Gasteiger partial charge in [0.15, 0.2) is 11.1 Å². The maximum absolute atomic E-state index is 7.15. The first-order chi connectivity index (χ1) is 14.2. The lowest BCUT2D eigenvalue weighted by atomic mass is 9.94. The van der Waals surface area contributed by atoms with E-state index in [1.165, 1.54) is 0 Å². The van der Waals surface area contributed by atoms with Gasteiger partial charge in [-0.1, -0.05) is 44.9 Å². The van der Waals surface area contributed by atoms with E-state index in [9.17, 15) is 0 Å². The average molecular weight is 470 g/mol. The minimum absolute atomic E-state index is 0.141. The Morgan fingerprint density at radius 1 is 0.633 bits per heavy atom. The van der Waals surface area contributed by atoms with E-state index in [-0.39, 0.29) is 11.3 Å². The minimum Gasteiger partial charge on any atom is -0.380 e. The highest BCUT2D eigenvalue weighted by molar-refractivity contribution is 7.41. The Labute approximate surface area is 189 Å². The monoisotopic (exact) mass is 469 g/mol. The Kier molecular flexibility index (Phi) is 15.8. The maximum atomic E-state index is 7.15. The molecule has 4 atom stereocenters. The Bertz CT molecular complexity index is 398. The van der Waals surface area contributed by atoms with Gasteiger partial charge >= 0.3 is 0 Å². The molecule has 0 fully saturated rings.